The topological polar surface area (TPSA) is 89.1 Å². The first-order valence-corrected chi connectivity index (χ1v) is 8.03. The Hall–Kier alpha value is -3.56. The molecule has 2 heterocycles. The van der Waals surface area contributed by atoms with Crippen LogP contribution in [0.4, 0.5) is 13.2 Å². The summed E-state index contributed by atoms with van der Waals surface area (Å²) in [4.78, 5) is 16.3. The first-order chi connectivity index (χ1) is 13.4. The lowest BCUT2D eigenvalue weighted by Crippen LogP contribution is -2.25. The zero-order valence-electron chi connectivity index (χ0n) is 14.6. The van der Waals surface area contributed by atoms with Crippen molar-refractivity contribution in [1.29, 1.82) is 0 Å². The molecule has 0 saturated carbocycles. The van der Waals surface area contributed by atoms with Crippen LogP contribution in [0.2, 0.25) is 0 Å². The highest BCUT2D eigenvalue weighted by atomic mass is 19.4. The Balaban J connectivity index is 1.70. The van der Waals surface area contributed by atoms with E-state index in [2.05, 4.69) is 25.2 Å². The second kappa shape index (κ2) is 7.99. The molecular formula is C18H15F3N4O3. The molecule has 0 aliphatic carbocycles. The number of pyridine rings is 1. The number of nitrogens with zero attached hydrogens (tertiary/aromatic N) is 2. The molecular weight excluding hydrogens is 377 g/mol. The van der Waals surface area contributed by atoms with Gasteiger partial charge in [-0.3, -0.25) is 14.9 Å². The number of benzene rings is 1. The van der Waals surface area contributed by atoms with Gasteiger partial charge >= 0.3 is 6.36 Å². The van der Waals surface area contributed by atoms with E-state index in [-0.39, 0.29) is 12.1 Å². The molecule has 0 aliphatic heterocycles. The molecule has 0 atom stereocenters. The van der Waals surface area contributed by atoms with Gasteiger partial charge in [-0.25, -0.2) is 0 Å². The quantitative estimate of drug-likeness (QED) is 0.672. The SMILES string of the molecule is COc1ccncc1-c1cc(CNC(=O)c2ccccc2OC(F)(F)F)n[nH]1. The molecule has 28 heavy (non-hydrogen) atoms. The number of para-hydroxylation sites is 1. The number of hydrogen-bond donors (Lipinski definition) is 2. The molecule has 0 unspecified atom stereocenters. The molecule has 0 radical (unpaired) electrons. The van der Waals surface area contributed by atoms with Crippen molar-refractivity contribution in [2.75, 3.05) is 7.11 Å². The lowest BCUT2D eigenvalue weighted by molar-refractivity contribution is -0.274. The molecule has 0 fully saturated rings. The Morgan fingerprint density at radius 1 is 1.21 bits per heavy atom. The second-order valence-corrected chi connectivity index (χ2v) is 5.58. The normalized spacial score (nSPS) is 11.1. The van der Waals surface area contributed by atoms with E-state index in [1.54, 1.807) is 24.5 Å². The number of nitrogens with one attached hydrogen (secondary N) is 2. The Labute approximate surface area is 157 Å². The lowest BCUT2D eigenvalue weighted by atomic mass is 10.1. The van der Waals surface area contributed by atoms with Crippen molar-refractivity contribution in [2.24, 2.45) is 0 Å². The van der Waals surface area contributed by atoms with Gasteiger partial charge in [0, 0.05) is 12.4 Å². The Morgan fingerprint density at radius 2 is 2.00 bits per heavy atom. The van der Waals surface area contributed by atoms with Crippen molar-refractivity contribution in [1.82, 2.24) is 20.5 Å². The zero-order chi connectivity index (χ0) is 20.1. The molecule has 146 valence electrons. The lowest BCUT2D eigenvalue weighted by Gasteiger charge is -2.12. The first-order valence-electron chi connectivity index (χ1n) is 8.03. The number of carbonyl (C=O) groups is 1. The van der Waals surface area contributed by atoms with Crippen LogP contribution in [0, 0.1) is 0 Å². The third kappa shape index (κ3) is 4.58. The molecule has 10 heteroatoms. The summed E-state index contributed by atoms with van der Waals surface area (Å²) in [6, 6.07) is 8.47. The van der Waals surface area contributed by atoms with Crippen LogP contribution in [0.15, 0.2) is 48.8 Å². The number of carbonyl (C=O) groups excluding carboxylic acids is 1. The van der Waals surface area contributed by atoms with E-state index in [9.17, 15) is 18.0 Å². The van der Waals surface area contributed by atoms with E-state index >= 15 is 0 Å². The van der Waals surface area contributed by atoms with Gasteiger partial charge in [-0.05, 0) is 24.3 Å². The molecule has 3 aromatic rings. The molecule has 2 aromatic heterocycles. The number of H-pyrrole nitrogens is 1. The van der Waals surface area contributed by atoms with Crippen LogP contribution in [0.1, 0.15) is 16.1 Å². The number of ether oxygens (including phenoxy) is 2. The van der Waals surface area contributed by atoms with Crippen LogP contribution in [0.25, 0.3) is 11.3 Å². The Morgan fingerprint density at radius 3 is 2.75 bits per heavy atom. The number of aromatic nitrogens is 3. The number of alkyl halides is 3. The van der Waals surface area contributed by atoms with Crippen LogP contribution in [-0.2, 0) is 6.54 Å². The number of halogens is 3. The molecule has 0 spiro atoms. The highest BCUT2D eigenvalue weighted by molar-refractivity contribution is 5.96. The van der Waals surface area contributed by atoms with Crippen molar-refractivity contribution in [3.05, 3.63) is 60.0 Å². The molecule has 2 N–H and O–H groups in total. The molecule has 1 amide bonds. The number of aromatic amines is 1. The summed E-state index contributed by atoms with van der Waals surface area (Å²) in [7, 11) is 1.52. The number of amides is 1. The maximum atomic E-state index is 12.5. The van der Waals surface area contributed by atoms with Gasteiger partial charge in [0.25, 0.3) is 5.91 Å². The first kappa shape index (κ1) is 19.2. The van der Waals surface area contributed by atoms with Crippen LogP contribution in [0.3, 0.4) is 0 Å². The van der Waals surface area contributed by atoms with E-state index in [4.69, 9.17) is 4.74 Å². The van der Waals surface area contributed by atoms with Crippen molar-refractivity contribution in [3.8, 4) is 22.8 Å². The van der Waals surface area contributed by atoms with Crippen LogP contribution >= 0.6 is 0 Å². The van der Waals surface area contributed by atoms with Crippen molar-refractivity contribution in [3.63, 3.8) is 0 Å². The van der Waals surface area contributed by atoms with E-state index in [1.165, 1.54) is 25.3 Å². The summed E-state index contributed by atoms with van der Waals surface area (Å²) in [5.74, 6) is -0.703. The Bertz CT molecular complexity index is 972. The zero-order valence-corrected chi connectivity index (χ0v) is 14.6. The molecule has 0 aliphatic rings. The number of rotatable bonds is 6. The van der Waals surface area contributed by atoms with Crippen molar-refractivity contribution in [2.45, 2.75) is 12.9 Å². The van der Waals surface area contributed by atoms with E-state index < -0.39 is 18.0 Å². The number of methoxy groups -OCH3 is 1. The largest absolute Gasteiger partial charge is 0.573 e. The van der Waals surface area contributed by atoms with Crippen molar-refractivity contribution < 1.29 is 27.4 Å². The van der Waals surface area contributed by atoms with Gasteiger partial charge in [0.1, 0.15) is 11.5 Å². The fourth-order valence-electron chi connectivity index (χ4n) is 2.49. The predicted octanol–water partition coefficient (Wildman–Crippen LogP) is 3.31. The highest BCUT2D eigenvalue weighted by Crippen LogP contribution is 2.28. The maximum Gasteiger partial charge on any atom is 0.573 e. The molecule has 0 saturated heterocycles. The van der Waals surface area contributed by atoms with E-state index in [0.29, 0.717) is 22.7 Å². The third-order valence-electron chi connectivity index (χ3n) is 3.71. The fraction of sp³-hybridized carbons (Fsp3) is 0.167. The average Bonchev–Trinajstić information content (AvgIpc) is 3.14. The maximum absolute atomic E-state index is 12.5. The summed E-state index contributed by atoms with van der Waals surface area (Å²) in [6.07, 6.45) is -1.71. The minimum absolute atomic E-state index is 0.00172. The molecule has 0 bridgehead atoms. The molecule has 1 aromatic carbocycles. The fourth-order valence-corrected chi connectivity index (χ4v) is 2.49. The smallest absolute Gasteiger partial charge is 0.496 e. The van der Waals surface area contributed by atoms with E-state index in [0.717, 1.165) is 6.07 Å². The van der Waals surface area contributed by atoms with Crippen LogP contribution in [0.5, 0.6) is 11.5 Å². The van der Waals surface area contributed by atoms with Gasteiger partial charge in [-0.2, -0.15) is 5.10 Å². The Kier molecular flexibility index (Phi) is 5.48. The summed E-state index contributed by atoms with van der Waals surface area (Å²) >= 11 is 0. The minimum atomic E-state index is -4.89. The van der Waals surface area contributed by atoms with Gasteiger partial charge < -0.3 is 14.8 Å². The second-order valence-electron chi connectivity index (χ2n) is 5.58. The summed E-state index contributed by atoms with van der Waals surface area (Å²) in [5.41, 5.74) is 1.54. The van der Waals surface area contributed by atoms with Gasteiger partial charge in [-0.1, -0.05) is 12.1 Å². The summed E-state index contributed by atoms with van der Waals surface area (Å²) in [5, 5.41) is 9.41. The average molecular weight is 392 g/mol. The predicted molar refractivity (Wildman–Crippen MR) is 92.7 cm³/mol. The van der Waals surface area contributed by atoms with Crippen molar-refractivity contribution >= 4 is 5.91 Å². The van der Waals surface area contributed by atoms with Gasteiger partial charge in [-0.15, -0.1) is 13.2 Å². The summed E-state index contributed by atoms with van der Waals surface area (Å²) < 4.78 is 46.6. The van der Waals surface area contributed by atoms with Gasteiger partial charge in [0.15, 0.2) is 0 Å². The minimum Gasteiger partial charge on any atom is -0.496 e. The van der Waals surface area contributed by atoms with E-state index in [1.807, 2.05) is 0 Å². The highest BCUT2D eigenvalue weighted by Gasteiger charge is 2.32. The summed E-state index contributed by atoms with van der Waals surface area (Å²) in [6.45, 7) is -0.00172. The molecule has 3 rings (SSSR count). The van der Waals surface area contributed by atoms with Crippen LogP contribution < -0.4 is 14.8 Å². The standard InChI is InChI=1S/C18H15F3N4O3/c1-27-15-6-7-22-10-13(15)14-8-11(24-25-14)9-23-17(26)12-4-2-3-5-16(12)28-18(19,20)21/h2-8,10H,9H2,1H3,(H,23,26)(H,24,25). The van der Waals surface area contributed by atoms with Gasteiger partial charge in [0.05, 0.1) is 36.2 Å². The number of hydrogen-bond acceptors (Lipinski definition) is 5. The third-order valence-corrected chi connectivity index (χ3v) is 3.71. The van der Waals surface area contributed by atoms with Crippen LogP contribution in [-0.4, -0.2) is 34.6 Å². The van der Waals surface area contributed by atoms with Gasteiger partial charge in [0.2, 0.25) is 0 Å². The monoisotopic (exact) mass is 392 g/mol. The molecule has 7 nitrogen and oxygen atoms in total.